The lowest BCUT2D eigenvalue weighted by molar-refractivity contribution is -0.290. The predicted octanol–water partition coefficient (Wildman–Crippen LogP) is -2.74. The monoisotopic (exact) mass is 274 g/mol. The molecule has 1 aliphatic rings. The molecule has 0 spiro atoms. The van der Waals surface area contributed by atoms with Gasteiger partial charge in [-0.2, -0.15) is 8.42 Å². The van der Waals surface area contributed by atoms with Crippen molar-refractivity contribution in [1.29, 1.82) is 0 Å². The molecule has 0 aliphatic carbocycles. The summed E-state index contributed by atoms with van der Waals surface area (Å²) in [7, 11) is -3.66. The zero-order valence-electron chi connectivity index (χ0n) is 8.83. The Kier molecular flexibility index (Phi) is 4.80. The fourth-order valence-electron chi connectivity index (χ4n) is 1.51. The first kappa shape index (κ1) is 14.7. The van der Waals surface area contributed by atoms with Gasteiger partial charge in [0.1, 0.15) is 24.4 Å². The van der Waals surface area contributed by atoms with E-state index in [2.05, 4.69) is 8.92 Å². The molecule has 0 aromatic heterocycles. The lowest BCUT2D eigenvalue weighted by Gasteiger charge is -2.40. The molecule has 4 N–H and O–H groups in total. The van der Waals surface area contributed by atoms with Gasteiger partial charge in [0.05, 0.1) is 6.61 Å². The van der Waals surface area contributed by atoms with E-state index in [1.165, 1.54) is 7.11 Å². The van der Waals surface area contributed by atoms with Crippen molar-refractivity contribution in [2.75, 3.05) is 13.7 Å². The fraction of sp³-hybridized carbons (Fsp3) is 1.00. The number of rotatable bonds is 4. The topological polar surface area (TPSA) is 143 Å². The second-order valence-corrected chi connectivity index (χ2v) is 4.48. The van der Waals surface area contributed by atoms with Crippen LogP contribution in [0.25, 0.3) is 0 Å². The van der Waals surface area contributed by atoms with Gasteiger partial charge in [-0.15, -0.1) is 0 Å². The van der Waals surface area contributed by atoms with Crippen LogP contribution in [-0.2, 0) is 24.1 Å². The van der Waals surface area contributed by atoms with Crippen molar-refractivity contribution in [1.82, 2.24) is 0 Å². The van der Waals surface area contributed by atoms with E-state index in [4.69, 9.17) is 14.4 Å². The molecule has 0 aromatic carbocycles. The maximum Gasteiger partial charge on any atom is 0.397 e. The van der Waals surface area contributed by atoms with Crippen LogP contribution in [0, 0.1) is 0 Å². The molecule has 1 rings (SSSR count). The summed E-state index contributed by atoms with van der Waals surface area (Å²) in [5.41, 5.74) is 0. The molecule has 102 valence electrons. The third kappa shape index (κ3) is 3.56. The zero-order valence-corrected chi connectivity index (χ0v) is 9.65. The lowest BCUT2D eigenvalue weighted by atomic mass is 9.99. The molecule has 1 aliphatic heterocycles. The third-order valence-corrected chi connectivity index (χ3v) is 2.75. The molecule has 0 amide bonds. The number of ether oxygens (including phenoxy) is 2. The van der Waals surface area contributed by atoms with Crippen LogP contribution in [-0.4, -0.2) is 72.7 Å². The van der Waals surface area contributed by atoms with Crippen LogP contribution in [0.2, 0.25) is 0 Å². The molecular weight excluding hydrogens is 260 g/mol. The van der Waals surface area contributed by atoms with Crippen molar-refractivity contribution in [3.63, 3.8) is 0 Å². The number of aliphatic hydroxyl groups is 3. The van der Waals surface area contributed by atoms with E-state index in [1.807, 2.05) is 0 Å². The molecule has 17 heavy (non-hydrogen) atoms. The summed E-state index contributed by atoms with van der Waals surface area (Å²) in [6.07, 6.45) is -7.40. The number of methoxy groups -OCH3 is 1. The molecule has 0 saturated carbocycles. The zero-order chi connectivity index (χ0) is 13.2. The second kappa shape index (κ2) is 5.54. The first-order valence-electron chi connectivity index (χ1n) is 4.61. The molecule has 10 heteroatoms. The van der Waals surface area contributed by atoms with Gasteiger partial charge in [-0.3, -0.25) is 4.55 Å². The van der Waals surface area contributed by atoms with Gasteiger partial charge in [0, 0.05) is 7.11 Å². The second-order valence-electron chi connectivity index (χ2n) is 3.43. The van der Waals surface area contributed by atoms with Gasteiger partial charge in [0.25, 0.3) is 0 Å². The van der Waals surface area contributed by atoms with Crippen LogP contribution < -0.4 is 0 Å². The highest BCUT2D eigenvalue weighted by atomic mass is 32.3. The molecule has 0 radical (unpaired) electrons. The van der Waals surface area contributed by atoms with Gasteiger partial charge in [0.2, 0.25) is 0 Å². The summed E-state index contributed by atoms with van der Waals surface area (Å²) >= 11 is 0. The highest BCUT2D eigenvalue weighted by Crippen LogP contribution is 2.24. The van der Waals surface area contributed by atoms with Crippen LogP contribution in [0.3, 0.4) is 0 Å². The summed E-state index contributed by atoms with van der Waals surface area (Å²) in [4.78, 5) is 0. The molecule has 1 heterocycles. The molecule has 1 fully saturated rings. The Balaban J connectivity index is 2.87. The SMILES string of the molecule is CO[C@@H]1O[C@H](CO)[C@H](OS(=O)(=O)O)[C@H](O)[C@H]1O. The van der Waals surface area contributed by atoms with E-state index in [0.717, 1.165) is 0 Å². The van der Waals surface area contributed by atoms with E-state index in [9.17, 15) is 18.6 Å². The van der Waals surface area contributed by atoms with Crippen LogP contribution in [0.5, 0.6) is 0 Å². The molecule has 0 unspecified atom stereocenters. The summed E-state index contributed by atoms with van der Waals surface area (Å²) in [6.45, 7) is -0.691. The maximum atomic E-state index is 10.5. The van der Waals surface area contributed by atoms with E-state index in [-0.39, 0.29) is 0 Å². The Morgan fingerprint density at radius 3 is 2.29 bits per heavy atom. The smallest absolute Gasteiger partial charge is 0.394 e. The normalized spacial score (nSPS) is 39.2. The minimum atomic E-state index is -4.85. The summed E-state index contributed by atoms with van der Waals surface area (Å²) in [5.74, 6) is 0. The quantitative estimate of drug-likeness (QED) is 0.401. The first-order valence-corrected chi connectivity index (χ1v) is 5.97. The molecule has 1 saturated heterocycles. The molecule has 9 nitrogen and oxygen atoms in total. The van der Waals surface area contributed by atoms with Gasteiger partial charge in [-0.05, 0) is 0 Å². The van der Waals surface area contributed by atoms with Gasteiger partial charge in [0.15, 0.2) is 6.29 Å². The number of aliphatic hydroxyl groups excluding tert-OH is 3. The summed E-state index contributed by atoms with van der Waals surface area (Å²) in [6, 6.07) is 0. The van der Waals surface area contributed by atoms with Crippen molar-refractivity contribution < 1.29 is 41.9 Å². The fourth-order valence-corrected chi connectivity index (χ4v) is 2.03. The van der Waals surface area contributed by atoms with Gasteiger partial charge in [-0.1, -0.05) is 0 Å². The Morgan fingerprint density at radius 2 is 1.88 bits per heavy atom. The Hall–Kier alpha value is -0.330. The van der Waals surface area contributed by atoms with Crippen molar-refractivity contribution in [2.24, 2.45) is 0 Å². The molecule has 0 aromatic rings. The Morgan fingerprint density at radius 1 is 1.29 bits per heavy atom. The number of hydrogen-bond acceptors (Lipinski definition) is 8. The van der Waals surface area contributed by atoms with Crippen LogP contribution in [0.4, 0.5) is 0 Å². The van der Waals surface area contributed by atoms with Gasteiger partial charge >= 0.3 is 10.4 Å². The lowest BCUT2D eigenvalue weighted by Crippen LogP contribution is -2.60. The molecular formula is C7H14O9S. The first-order chi connectivity index (χ1) is 7.80. The van der Waals surface area contributed by atoms with Crippen LogP contribution >= 0.6 is 0 Å². The Bertz CT molecular complexity index is 339. The van der Waals surface area contributed by atoms with Crippen molar-refractivity contribution >= 4 is 10.4 Å². The largest absolute Gasteiger partial charge is 0.397 e. The van der Waals surface area contributed by atoms with E-state index >= 15 is 0 Å². The minimum Gasteiger partial charge on any atom is -0.394 e. The van der Waals surface area contributed by atoms with Crippen molar-refractivity contribution in [3.05, 3.63) is 0 Å². The minimum absolute atomic E-state index is 0.691. The highest BCUT2D eigenvalue weighted by molar-refractivity contribution is 7.80. The van der Waals surface area contributed by atoms with Crippen LogP contribution in [0.1, 0.15) is 0 Å². The van der Waals surface area contributed by atoms with Crippen molar-refractivity contribution in [2.45, 2.75) is 30.7 Å². The maximum absolute atomic E-state index is 10.5. The van der Waals surface area contributed by atoms with Gasteiger partial charge < -0.3 is 24.8 Å². The van der Waals surface area contributed by atoms with E-state index < -0.39 is 47.7 Å². The molecule has 5 atom stereocenters. The average Bonchev–Trinajstić information content (AvgIpc) is 2.24. The van der Waals surface area contributed by atoms with Crippen molar-refractivity contribution in [3.8, 4) is 0 Å². The van der Waals surface area contributed by atoms with E-state index in [1.54, 1.807) is 0 Å². The predicted molar refractivity (Wildman–Crippen MR) is 51.2 cm³/mol. The average molecular weight is 274 g/mol. The van der Waals surface area contributed by atoms with E-state index in [0.29, 0.717) is 0 Å². The summed E-state index contributed by atoms with van der Waals surface area (Å²) in [5, 5.41) is 28.0. The van der Waals surface area contributed by atoms with Crippen LogP contribution in [0.15, 0.2) is 0 Å². The Labute approximate surface area is 97.5 Å². The highest BCUT2D eigenvalue weighted by Gasteiger charge is 2.47. The standard InChI is InChI=1S/C7H14O9S/c1-14-7-5(10)4(9)6(3(2-8)15-7)16-17(11,12)13/h3-10H,2H2,1H3,(H,11,12,13)/t3-,4-,5-,6+,7-/m1/s1. The number of hydrogen-bond donors (Lipinski definition) is 4. The van der Waals surface area contributed by atoms with Gasteiger partial charge in [-0.25, -0.2) is 4.18 Å². The summed E-state index contributed by atoms with van der Waals surface area (Å²) < 4.78 is 43.3. The molecule has 0 bridgehead atoms. The third-order valence-electron chi connectivity index (χ3n) is 2.29.